The molecule has 1 aliphatic heterocycles. The monoisotopic (exact) mass is 317 g/mol. The van der Waals surface area contributed by atoms with Gasteiger partial charge in [0.25, 0.3) is 0 Å². The van der Waals surface area contributed by atoms with Gasteiger partial charge < -0.3 is 14.5 Å². The first-order valence-electron chi connectivity index (χ1n) is 7.71. The molecule has 0 bridgehead atoms. The molecule has 124 valence electrons. The van der Waals surface area contributed by atoms with Gasteiger partial charge in [-0.3, -0.25) is 9.78 Å². The van der Waals surface area contributed by atoms with Gasteiger partial charge in [-0.05, 0) is 39.0 Å². The molecule has 0 radical (unpaired) electrons. The normalized spacial score (nSPS) is 15.8. The Morgan fingerprint density at radius 3 is 2.35 bits per heavy atom. The molecule has 1 fully saturated rings. The molecule has 1 aromatic heterocycles. The molecule has 6 heteroatoms. The van der Waals surface area contributed by atoms with Crippen LogP contribution < -0.4 is 0 Å². The fraction of sp³-hybridized carbons (Fsp3) is 0.471. The Hall–Kier alpha value is -2.37. The summed E-state index contributed by atoms with van der Waals surface area (Å²) in [5.41, 5.74) is 0.239. The maximum atomic E-state index is 12.2. The van der Waals surface area contributed by atoms with Crippen molar-refractivity contribution in [3.05, 3.63) is 36.2 Å². The van der Waals surface area contributed by atoms with Crippen LogP contribution in [-0.2, 0) is 9.53 Å². The van der Waals surface area contributed by atoms with E-state index in [9.17, 15) is 9.59 Å². The SMILES string of the molecule is CC(C)(C)OC(=O)N1CCN(C(=O)/C=C/c2ccccn2)CC1. The topological polar surface area (TPSA) is 62.7 Å². The number of nitrogens with zero attached hydrogens (tertiary/aromatic N) is 3. The van der Waals surface area contributed by atoms with E-state index in [1.54, 1.807) is 22.1 Å². The number of hydrogen-bond donors (Lipinski definition) is 0. The van der Waals surface area contributed by atoms with Gasteiger partial charge in [-0.1, -0.05) is 6.07 Å². The molecular weight excluding hydrogens is 294 g/mol. The average molecular weight is 317 g/mol. The second-order valence-corrected chi connectivity index (χ2v) is 6.38. The predicted octanol–water partition coefficient (Wildman–Crippen LogP) is 2.17. The molecule has 0 spiro atoms. The van der Waals surface area contributed by atoms with Crippen molar-refractivity contribution in [3.8, 4) is 0 Å². The Bertz CT molecular complexity index is 570. The summed E-state index contributed by atoms with van der Waals surface area (Å²) >= 11 is 0. The van der Waals surface area contributed by atoms with E-state index in [1.807, 2.05) is 39.0 Å². The zero-order valence-corrected chi connectivity index (χ0v) is 13.9. The van der Waals surface area contributed by atoms with Crippen LogP contribution in [0.25, 0.3) is 6.08 Å². The first kappa shape index (κ1) is 17.0. The minimum Gasteiger partial charge on any atom is -0.444 e. The van der Waals surface area contributed by atoms with Gasteiger partial charge in [-0.25, -0.2) is 4.79 Å². The van der Waals surface area contributed by atoms with E-state index in [0.29, 0.717) is 26.2 Å². The number of pyridine rings is 1. The highest BCUT2D eigenvalue weighted by atomic mass is 16.6. The van der Waals surface area contributed by atoms with Gasteiger partial charge in [0, 0.05) is 38.5 Å². The molecule has 0 atom stereocenters. The lowest BCUT2D eigenvalue weighted by atomic mass is 10.2. The average Bonchev–Trinajstić information content (AvgIpc) is 2.52. The van der Waals surface area contributed by atoms with E-state index in [4.69, 9.17) is 4.74 Å². The smallest absolute Gasteiger partial charge is 0.410 e. The van der Waals surface area contributed by atoms with Gasteiger partial charge in [0.1, 0.15) is 5.60 Å². The van der Waals surface area contributed by atoms with Gasteiger partial charge in [-0.15, -0.1) is 0 Å². The van der Waals surface area contributed by atoms with E-state index < -0.39 is 5.60 Å². The minimum atomic E-state index is -0.505. The molecule has 1 aromatic rings. The largest absolute Gasteiger partial charge is 0.444 e. The fourth-order valence-corrected chi connectivity index (χ4v) is 2.17. The van der Waals surface area contributed by atoms with Crippen LogP contribution in [0.2, 0.25) is 0 Å². The van der Waals surface area contributed by atoms with Crippen LogP contribution in [0.3, 0.4) is 0 Å². The van der Waals surface area contributed by atoms with E-state index in [1.165, 1.54) is 6.08 Å². The van der Waals surface area contributed by atoms with Crippen molar-refractivity contribution < 1.29 is 14.3 Å². The van der Waals surface area contributed by atoms with Gasteiger partial charge in [-0.2, -0.15) is 0 Å². The Balaban J connectivity index is 1.83. The second-order valence-electron chi connectivity index (χ2n) is 6.38. The minimum absolute atomic E-state index is 0.0699. The summed E-state index contributed by atoms with van der Waals surface area (Å²) in [7, 11) is 0. The molecule has 2 heterocycles. The van der Waals surface area contributed by atoms with Crippen LogP contribution in [0.4, 0.5) is 4.79 Å². The molecule has 0 unspecified atom stereocenters. The summed E-state index contributed by atoms with van der Waals surface area (Å²) in [4.78, 5) is 31.6. The zero-order chi connectivity index (χ0) is 16.9. The number of ether oxygens (including phenoxy) is 1. The molecule has 1 saturated heterocycles. The molecule has 6 nitrogen and oxygen atoms in total. The number of amides is 2. The molecule has 2 amide bonds. The van der Waals surface area contributed by atoms with Crippen molar-refractivity contribution in [3.63, 3.8) is 0 Å². The highest BCUT2D eigenvalue weighted by molar-refractivity contribution is 5.91. The molecule has 1 aliphatic rings. The molecule has 0 aliphatic carbocycles. The van der Waals surface area contributed by atoms with Crippen LogP contribution in [0.1, 0.15) is 26.5 Å². The number of carbonyl (C=O) groups excluding carboxylic acids is 2. The molecule has 0 saturated carbocycles. The standard InChI is InChI=1S/C17H23N3O3/c1-17(2,3)23-16(22)20-12-10-19(11-13-20)15(21)8-7-14-6-4-5-9-18-14/h4-9H,10-13H2,1-3H3/b8-7+. The third kappa shape index (κ3) is 5.39. The third-order valence-corrected chi connectivity index (χ3v) is 3.33. The van der Waals surface area contributed by atoms with Crippen LogP contribution in [0.15, 0.2) is 30.5 Å². The number of piperazine rings is 1. The summed E-state index contributed by atoms with van der Waals surface area (Å²) < 4.78 is 5.34. The van der Waals surface area contributed by atoms with Crippen LogP contribution >= 0.6 is 0 Å². The molecule has 2 rings (SSSR count). The van der Waals surface area contributed by atoms with Crippen LogP contribution in [0.5, 0.6) is 0 Å². The Kier molecular flexibility index (Phi) is 5.36. The number of rotatable bonds is 2. The van der Waals surface area contributed by atoms with Gasteiger partial charge in [0.15, 0.2) is 0 Å². The van der Waals surface area contributed by atoms with E-state index in [2.05, 4.69) is 4.98 Å². The maximum absolute atomic E-state index is 12.2. The Labute approximate surface area is 136 Å². The lowest BCUT2D eigenvalue weighted by molar-refractivity contribution is -0.127. The second kappa shape index (κ2) is 7.26. The van der Waals surface area contributed by atoms with Crippen molar-refractivity contribution in [2.45, 2.75) is 26.4 Å². The molecule has 23 heavy (non-hydrogen) atoms. The highest BCUT2D eigenvalue weighted by Gasteiger charge is 2.26. The summed E-state index contributed by atoms with van der Waals surface area (Å²) in [5, 5.41) is 0. The van der Waals surface area contributed by atoms with Crippen molar-refractivity contribution >= 4 is 18.1 Å². The fourth-order valence-electron chi connectivity index (χ4n) is 2.17. The Morgan fingerprint density at radius 2 is 1.78 bits per heavy atom. The Morgan fingerprint density at radius 1 is 1.13 bits per heavy atom. The first-order chi connectivity index (χ1) is 10.8. The van der Waals surface area contributed by atoms with Gasteiger partial charge in [0.05, 0.1) is 5.69 Å². The van der Waals surface area contributed by atoms with Gasteiger partial charge in [0.2, 0.25) is 5.91 Å². The predicted molar refractivity (Wildman–Crippen MR) is 87.7 cm³/mol. The quantitative estimate of drug-likeness (QED) is 0.784. The number of hydrogen-bond acceptors (Lipinski definition) is 4. The lowest BCUT2D eigenvalue weighted by Gasteiger charge is -2.35. The lowest BCUT2D eigenvalue weighted by Crippen LogP contribution is -2.51. The van der Waals surface area contributed by atoms with Gasteiger partial charge >= 0.3 is 6.09 Å². The van der Waals surface area contributed by atoms with E-state index in [0.717, 1.165) is 5.69 Å². The number of carbonyl (C=O) groups is 2. The third-order valence-electron chi connectivity index (χ3n) is 3.33. The zero-order valence-electron chi connectivity index (χ0n) is 13.9. The van der Waals surface area contributed by atoms with Crippen LogP contribution in [0, 0.1) is 0 Å². The molecule has 0 aromatic carbocycles. The van der Waals surface area contributed by atoms with Crippen LogP contribution in [-0.4, -0.2) is 58.6 Å². The van der Waals surface area contributed by atoms with E-state index in [-0.39, 0.29) is 12.0 Å². The maximum Gasteiger partial charge on any atom is 0.410 e. The molecular formula is C17H23N3O3. The van der Waals surface area contributed by atoms with Crippen molar-refractivity contribution in [1.29, 1.82) is 0 Å². The van der Waals surface area contributed by atoms with E-state index >= 15 is 0 Å². The summed E-state index contributed by atoms with van der Waals surface area (Å²) in [6.45, 7) is 7.50. The summed E-state index contributed by atoms with van der Waals surface area (Å²) in [5.74, 6) is -0.0699. The van der Waals surface area contributed by atoms with Crippen molar-refractivity contribution in [2.24, 2.45) is 0 Å². The summed E-state index contributed by atoms with van der Waals surface area (Å²) in [6.07, 6.45) is 4.58. The van der Waals surface area contributed by atoms with Crippen molar-refractivity contribution in [1.82, 2.24) is 14.8 Å². The summed E-state index contributed by atoms with van der Waals surface area (Å²) in [6, 6.07) is 5.54. The molecule has 0 N–H and O–H groups in total. The highest BCUT2D eigenvalue weighted by Crippen LogP contribution is 2.12. The number of aromatic nitrogens is 1. The first-order valence-corrected chi connectivity index (χ1v) is 7.71. The van der Waals surface area contributed by atoms with Crippen molar-refractivity contribution in [2.75, 3.05) is 26.2 Å².